The lowest BCUT2D eigenvalue weighted by molar-refractivity contribution is -0.749. The van der Waals surface area contributed by atoms with Crippen molar-refractivity contribution in [2.24, 2.45) is 0 Å². The second kappa shape index (κ2) is 24.2. The van der Waals surface area contributed by atoms with E-state index in [-0.39, 0.29) is 0 Å². The molecule has 10 heterocycles. The van der Waals surface area contributed by atoms with E-state index in [4.69, 9.17) is 32.9 Å². The van der Waals surface area contributed by atoms with Crippen molar-refractivity contribution in [3.63, 3.8) is 0 Å². The Balaban J connectivity index is 0.0000000987. The van der Waals surface area contributed by atoms with E-state index < -0.39 is 0 Å². The number of nitrogens with zero attached hydrogens (tertiary/aromatic N) is 15. The van der Waals surface area contributed by atoms with Gasteiger partial charge in [-0.1, -0.05) is 84.4 Å². The highest BCUT2D eigenvalue weighted by Gasteiger charge is 2.37. The smallest absolute Gasteiger partial charge is 0.217 e. The summed E-state index contributed by atoms with van der Waals surface area (Å²) < 4.78 is 22.1. The van der Waals surface area contributed by atoms with E-state index in [1.165, 1.54) is 123 Å². The summed E-state index contributed by atoms with van der Waals surface area (Å²) in [6.45, 7) is 67.4. The van der Waals surface area contributed by atoms with E-state index in [0.717, 1.165) is 104 Å². The summed E-state index contributed by atoms with van der Waals surface area (Å²) in [7, 11) is 0. The number of hydrogen-bond donors (Lipinski definition) is 0. The van der Waals surface area contributed by atoms with E-state index >= 15 is 0 Å². The zero-order valence-electron chi connectivity index (χ0n) is 59.4. The van der Waals surface area contributed by atoms with Gasteiger partial charge in [0.1, 0.15) is 56.0 Å². The molecule has 10 aromatic carbocycles. The lowest BCUT2D eigenvalue weighted by Crippen LogP contribution is -2.36. The number of rotatable bonds is 0. The van der Waals surface area contributed by atoms with Crippen LogP contribution in [-0.4, -0.2) is 23.4 Å². The Morgan fingerprint density at radius 1 is 0.275 bits per heavy atom. The maximum atomic E-state index is 7.44. The highest BCUT2D eigenvalue weighted by Crippen LogP contribution is 2.40. The Hall–Kier alpha value is -13.0. The molecule has 15 heteroatoms. The molecule has 0 N–H and O–H groups in total. The van der Waals surface area contributed by atoms with E-state index in [2.05, 4.69) is 264 Å². The molecule has 15 aromatic rings. The molecule has 15 nitrogen and oxygen atoms in total. The number of aryl methyl sites for hydroxylation is 7. The molecule has 0 bridgehead atoms. The Morgan fingerprint density at radius 3 is 1.09 bits per heavy atom. The van der Waals surface area contributed by atoms with Crippen LogP contribution in [0, 0.1) is 116 Å². The topological polar surface area (TPSA) is 65.8 Å². The zero-order valence-corrected chi connectivity index (χ0v) is 59.4. The van der Waals surface area contributed by atoms with Gasteiger partial charge in [0.2, 0.25) is 59.4 Å². The highest BCUT2D eigenvalue weighted by atomic mass is 15.5. The number of fused-ring (bicyclic) bond motifs is 25. The summed E-state index contributed by atoms with van der Waals surface area (Å²) in [6, 6.07) is 47.4. The van der Waals surface area contributed by atoms with Crippen LogP contribution in [0.5, 0.6) is 0 Å². The highest BCUT2D eigenvalue weighted by molar-refractivity contribution is 5.96. The van der Waals surface area contributed by atoms with Crippen LogP contribution in [0.3, 0.4) is 0 Å². The van der Waals surface area contributed by atoms with Crippen molar-refractivity contribution in [3.8, 4) is 28.4 Å². The molecule has 0 fully saturated rings. The Labute approximate surface area is 592 Å². The number of benzene rings is 10. The maximum Gasteiger partial charge on any atom is 0.217 e. The third-order valence-electron chi connectivity index (χ3n) is 21.7. The van der Waals surface area contributed by atoms with Crippen LogP contribution in [0.4, 0.5) is 28.4 Å². The summed E-state index contributed by atoms with van der Waals surface area (Å²) in [6.07, 6.45) is 10.7. The van der Waals surface area contributed by atoms with Crippen LogP contribution in [0.2, 0.25) is 0 Å². The second-order valence-corrected chi connectivity index (χ2v) is 27.9. The third-order valence-corrected chi connectivity index (χ3v) is 21.7. The second-order valence-electron chi connectivity index (χ2n) is 27.9. The van der Waals surface area contributed by atoms with Gasteiger partial charge in [-0.3, -0.25) is 0 Å². The molecule has 20 rings (SSSR count). The van der Waals surface area contributed by atoms with Crippen molar-refractivity contribution in [2.45, 2.75) is 116 Å². The van der Waals surface area contributed by atoms with E-state index in [9.17, 15) is 0 Å². The molecular weight excluding hydrogens is 1260 g/mol. The average Bonchev–Trinajstić information content (AvgIpc) is 1.61. The minimum absolute atomic E-state index is 0.716. The maximum absolute atomic E-state index is 7.44. The molecule has 102 heavy (non-hydrogen) atoms. The Kier molecular flexibility index (Phi) is 15.1. The van der Waals surface area contributed by atoms with Gasteiger partial charge in [0.05, 0.1) is 70.9 Å². The molecular formula is C87H74N15+5. The lowest BCUT2D eigenvalue weighted by Gasteiger charge is -2.09. The molecule has 0 spiro atoms. The zero-order chi connectivity index (χ0) is 71.0. The fraction of sp³-hybridized carbons (Fsp3) is 0.195. The molecule has 5 aromatic heterocycles. The van der Waals surface area contributed by atoms with Gasteiger partial charge in [-0.2, -0.15) is 0 Å². The number of hydrogen-bond acceptors (Lipinski definition) is 0. The number of aromatic nitrogens is 10. The van der Waals surface area contributed by atoms with Gasteiger partial charge in [-0.05, 0) is 205 Å². The predicted octanol–water partition coefficient (Wildman–Crippen LogP) is 17.9. The van der Waals surface area contributed by atoms with Crippen LogP contribution < -0.4 is 23.4 Å². The molecule has 5 aliphatic heterocycles. The molecule has 0 atom stereocenters. The average molecular weight is 1330 g/mol. The van der Waals surface area contributed by atoms with Gasteiger partial charge in [-0.25, -0.2) is 24.2 Å². The molecule has 0 saturated heterocycles. The van der Waals surface area contributed by atoms with E-state index in [0.29, 0.717) is 11.4 Å². The molecule has 0 saturated carbocycles. The van der Waals surface area contributed by atoms with Crippen LogP contribution >= 0.6 is 0 Å². The minimum Gasteiger partial charge on any atom is -0.236 e. The summed E-state index contributed by atoms with van der Waals surface area (Å²) in [5.74, 6) is 0. The first-order chi connectivity index (χ1) is 49.3. The molecule has 0 radical (unpaired) electrons. The van der Waals surface area contributed by atoms with Crippen molar-refractivity contribution in [1.82, 2.24) is 23.4 Å². The normalized spacial score (nSPS) is 12.3. The van der Waals surface area contributed by atoms with E-state index in [1.54, 1.807) is 0 Å². The standard InChI is InChI=1S/2C18H16N3.3C17H14N3/c1-11-8-17-15(13(3)12(11)2)10-20-9-14-6-5-7-16(19-4)18(14)21(17)20;1-11-8-15-10-20-9-14-6-5-7-16(19-4)18(14)21(20)17(15)13(3)12(11)2;1-11-7-12(2)14-10-19-9-13-5-4-6-15(18-3)17(13)20(19)16(14)8-11;1-11-7-12(2)16-14(8-11)10-19-9-13-5-4-6-15(18-3)17(13)20(16)19;1-11-7-8-14-10-19-9-13-5-4-6-15(18-3)17(13)20(19)16(14)12(11)2/h2*5-9H,10H2,1-3H3;3*4-9H,10H2,1-2H3/q5*+1. The van der Waals surface area contributed by atoms with Gasteiger partial charge in [-0.15, -0.1) is 46.8 Å². The van der Waals surface area contributed by atoms with Crippen LogP contribution in [0.1, 0.15) is 94.6 Å². The third kappa shape index (κ3) is 9.82. The van der Waals surface area contributed by atoms with Crippen molar-refractivity contribution in [2.75, 3.05) is 0 Å². The number of para-hydroxylation sites is 5. The van der Waals surface area contributed by atoms with Gasteiger partial charge in [0, 0.05) is 16.7 Å². The predicted molar refractivity (Wildman–Crippen MR) is 401 cm³/mol. The molecule has 0 unspecified atom stereocenters. The molecule has 0 amide bonds. The fourth-order valence-corrected chi connectivity index (χ4v) is 16.5. The van der Waals surface area contributed by atoms with Gasteiger partial charge < -0.3 is 0 Å². The molecule has 5 aliphatic rings. The summed E-state index contributed by atoms with van der Waals surface area (Å²) >= 11 is 0. The summed E-state index contributed by atoms with van der Waals surface area (Å²) in [4.78, 5) is 18.5. The quantitative estimate of drug-likeness (QED) is 0.107. The van der Waals surface area contributed by atoms with E-state index in [1.807, 2.05) is 60.7 Å². The van der Waals surface area contributed by atoms with Crippen LogP contribution in [0.15, 0.2) is 171 Å². The lowest BCUT2D eigenvalue weighted by atomic mass is 9.97. The SMILES string of the molecule is [C-]#[N+]c1cccc2c[n+]3n(c12)-c1c(C)cc(C)cc1C3.[C-]#[N+]c1cccc2c[n+]3n(c12)-c1c(cc(C)c(C)c1C)C3.[C-]#[N+]c1cccc2c[n+]3n(c12)-c1c(ccc(C)c1C)C3.[C-]#[N+]c1cccc2c[n+]3n(c12)-c1cc(C)c(C)c(C)c1C3.[C-]#[N+]c1cccc2c[n+]3n(c12)-c1cc(C)cc(C)c1C3. The van der Waals surface area contributed by atoms with Crippen LogP contribution in [0.25, 0.3) is 107 Å². The Morgan fingerprint density at radius 2 is 0.627 bits per heavy atom. The van der Waals surface area contributed by atoms with Gasteiger partial charge in [0.25, 0.3) is 0 Å². The first-order valence-corrected chi connectivity index (χ1v) is 34.4. The molecule has 0 aliphatic carbocycles. The van der Waals surface area contributed by atoms with Crippen molar-refractivity contribution in [1.29, 1.82) is 0 Å². The van der Waals surface area contributed by atoms with Gasteiger partial charge >= 0.3 is 0 Å². The first-order valence-electron chi connectivity index (χ1n) is 34.4. The molecule has 492 valence electrons. The van der Waals surface area contributed by atoms with Crippen molar-refractivity contribution in [3.05, 3.63) is 322 Å². The summed E-state index contributed by atoms with van der Waals surface area (Å²) in [5, 5.41) is 5.65. The Bertz CT molecular complexity index is 6450. The summed E-state index contributed by atoms with van der Waals surface area (Å²) in [5.41, 5.74) is 37.4. The minimum atomic E-state index is 0.716. The van der Waals surface area contributed by atoms with Crippen LogP contribution in [-0.2, 0) is 32.7 Å². The van der Waals surface area contributed by atoms with Crippen molar-refractivity contribution < 1.29 is 23.4 Å². The van der Waals surface area contributed by atoms with Gasteiger partial charge in [0.15, 0.2) is 32.7 Å². The monoisotopic (exact) mass is 1330 g/mol. The first kappa shape index (κ1) is 63.7. The van der Waals surface area contributed by atoms with Crippen molar-refractivity contribution >= 4 is 83.0 Å². The fourth-order valence-electron chi connectivity index (χ4n) is 16.5. The largest absolute Gasteiger partial charge is 0.236 e.